The number of rotatable bonds is 4. The van der Waals surface area contributed by atoms with Crippen LogP contribution in [0.2, 0.25) is 10.0 Å². The predicted octanol–water partition coefficient (Wildman–Crippen LogP) is 11.7. The first-order valence-corrected chi connectivity index (χ1v) is 14.7. The second-order valence-corrected chi connectivity index (χ2v) is 13.9. The molecule has 0 aliphatic carbocycles. The molecule has 0 aliphatic rings. The standard InChI is InChI=1S/C35H34Cl2S/c1-34(2,3)25-14-12-23(13-15-25)32(29-21-38-31-17-16-26(20-27(29)31)35(4,5)6)28-18-24(19-30(36)33(28)37)22-10-8-7-9-11-22/h7-21,32H,1-6H3. The lowest BCUT2D eigenvalue weighted by molar-refractivity contribution is 0.590. The van der Waals surface area contributed by atoms with E-state index >= 15 is 0 Å². The first kappa shape index (κ1) is 27.0. The van der Waals surface area contributed by atoms with Gasteiger partial charge in [-0.15, -0.1) is 11.3 Å². The van der Waals surface area contributed by atoms with E-state index in [4.69, 9.17) is 23.2 Å². The molecule has 0 nitrogen and oxygen atoms in total. The molecule has 1 unspecified atom stereocenters. The van der Waals surface area contributed by atoms with E-state index in [0.29, 0.717) is 10.0 Å². The van der Waals surface area contributed by atoms with Crippen molar-refractivity contribution in [2.24, 2.45) is 0 Å². The molecule has 4 aromatic carbocycles. The first-order chi connectivity index (χ1) is 17.9. The summed E-state index contributed by atoms with van der Waals surface area (Å²) in [5.74, 6) is -0.0540. The average Bonchev–Trinajstić information content (AvgIpc) is 3.29. The number of hydrogen-bond acceptors (Lipinski definition) is 1. The van der Waals surface area contributed by atoms with Gasteiger partial charge in [-0.3, -0.25) is 0 Å². The number of fused-ring (bicyclic) bond motifs is 1. The molecule has 0 spiro atoms. The van der Waals surface area contributed by atoms with E-state index < -0.39 is 0 Å². The Morgan fingerprint density at radius 2 is 1.26 bits per heavy atom. The van der Waals surface area contributed by atoms with Crippen LogP contribution in [0.3, 0.4) is 0 Å². The van der Waals surface area contributed by atoms with Crippen LogP contribution in [-0.2, 0) is 10.8 Å². The Morgan fingerprint density at radius 3 is 1.89 bits per heavy atom. The third kappa shape index (κ3) is 5.30. The van der Waals surface area contributed by atoms with Crippen LogP contribution >= 0.6 is 34.5 Å². The zero-order chi connectivity index (χ0) is 27.2. The monoisotopic (exact) mass is 556 g/mol. The van der Waals surface area contributed by atoms with Gasteiger partial charge < -0.3 is 0 Å². The molecule has 0 bridgehead atoms. The van der Waals surface area contributed by atoms with Crippen LogP contribution in [-0.4, -0.2) is 0 Å². The van der Waals surface area contributed by atoms with E-state index in [1.807, 2.05) is 12.1 Å². The van der Waals surface area contributed by atoms with E-state index in [0.717, 1.165) is 16.7 Å². The molecule has 0 aliphatic heterocycles. The normalized spacial score (nSPS) is 13.2. The molecule has 0 saturated heterocycles. The van der Waals surface area contributed by atoms with Crippen molar-refractivity contribution in [3.63, 3.8) is 0 Å². The Labute approximate surface area is 241 Å². The molecule has 3 heteroatoms. The molecule has 1 heterocycles. The van der Waals surface area contributed by atoms with Gasteiger partial charge in [-0.25, -0.2) is 0 Å². The highest BCUT2D eigenvalue weighted by atomic mass is 35.5. The summed E-state index contributed by atoms with van der Waals surface area (Å²) in [6, 6.07) is 30.5. The van der Waals surface area contributed by atoms with E-state index in [-0.39, 0.29) is 16.7 Å². The van der Waals surface area contributed by atoms with Crippen LogP contribution in [0.4, 0.5) is 0 Å². The maximum atomic E-state index is 7.04. The van der Waals surface area contributed by atoms with Crippen molar-refractivity contribution in [3.05, 3.63) is 128 Å². The van der Waals surface area contributed by atoms with Crippen LogP contribution < -0.4 is 0 Å². The van der Waals surface area contributed by atoms with Crippen molar-refractivity contribution in [3.8, 4) is 11.1 Å². The highest BCUT2D eigenvalue weighted by Gasteiger charge is 2.26. The smallest absolute Gasteiger partial charge is 0.0634 e. The molecule has 0 fully saturated rings. The average molecular weight is 558 g/mol. The third-order valence-electron chi connectivity index (χ3n) is 7.36. The fraction of sp³-hybridized carbons (Fsp3) is 0.257. The molecule has 0 radical (unpaired) electrons. The Hall–Kier alpha value is -2.58. The summed E-state index contributed by atoms with van der Waals surface area (Å²) >= 11 is 15.7. The lowest BCUT2D eigenvalue weighted by Crippen LogP contribution is -2.12. The van der Waals surface area contributed by atoms with Gasteiger partial charge in [0.25, 0.3) is 0 Å². The molecule has 1 atom stereocenters. The Kier molecular flexibility index (Phi) is 7.24. The largest absolute Gasteiger partial charge is 0.143 e. The SMILES string of the molecule is CC(C)(C)c1ccc(C(c2cc(-c3ccccc3)cc(Cl)c2Cl)c2csc3ccc(C(C)(C)C)cc23)cc1. The van der Waals surface area contributed by atoms with E-state index in [2.05, 4.69) is 120 Å². The van der Waals surface area contributed by atoms with Crippen LogP contribution in [0, 0.1) is 0 Å². The van der Waals surface area contributed by atoms with Crippen molar-refractivity contribution in [1.29, 1.82) is 0 Å². The van der Waals surface area contributed by atoms with Crippen LogP contribution in [0.15, 0.2) is 90.3 Å². The molecule has 0 saturated carbocycles. The molecule has 38 heavy (non-hydrogen) atoms. The second kappa shape index (κ2) is 10.2. The topological polar surface area (TPSA) is 0 Å². The summed E-state index contributed by atoms with van der Waals surface area (Å²) in [4.78, 5) is 0. The molecule has 5 rings (SSSR count). The highest BCUT2D eigenvalue weighted by Crippen LogP contribution is 2.45. The van der Waals surface area contributed by atoms with Gasteiger partial charge in [0.05, 0.1) is 10.0 Å². The van der Waals surface area contributed by atoms with Gasteiger partial charge in [0.15, 0.2) is 0 Å². The van der Waals surface area contributed by atoms with Crippen LogP contribution in [0.1, 0.15) is 75.3 Å². The minimum absolute atomic E-state index is 0.0540. The summed E-state index contributed by atoms with van der Waals surface area (Å²) in [5.41, 5.74) is 8.48. The van der Waals surface area contributed by atoms with Crippen LogP contribution in [0.5, 0.6) is 0 Å². The highest BCUT2D eigenvalue weighted by molar-refractivity contribution is 7.17. The summed E-state index contributed by atoms with van der Waals surface area (Å²) in [6.07, 6.45) is 0. The third-order valence-corrected chi connectivity index (χ3v) is 9.16. The maximum absolute atomic E-state index is 7.04. The molecular formula is C35H34Cl2S. The maximum Gasteiger partial charge on any atom is 0.0634 e. The first-order valence-electron chi connectivity index (χ1n) is 13.1. The lowest BCUT2D eigenvalue weighted by Gasteiger charge is -2.24. The fourth-order valence-corrected chi connectivity index (χ4v) is 6.47. The van der Waals surface area contributed by atoms with Gasteiger partial charge in [-0.2, -0.15) is 0 Å². The number of thiophene rings is 1. The van der Waals surface area contributed by atoms with Crippen molar-refractivity contribution < 1.29 is 0 Å². The van der Waals surface area contributed by atoms with Crippen molar-refractivity contribution in [2.75, 3.05) is 0 Å². The van der Waals surface area contributed by atoms with Gasteiger partial charge in [-0.05, 0) is 84.8 Å². The van der Waals surface area contributed by atoms with Crippen molar-refractivity contribution >= 4 is 44.6 Å². The fourth-order valence-electron chi connectivity index (χ4n) is 5.06. The zero-order valence-electron chi connectivity index (χ0n) is 22.9. The van der Waals surface area contributed by atoms with Gasteiger partial charge in [-0.1, -0.05) is 125 Å². The summed E-state index contributed by atoms with van der Waals surface area (Å²) in [5, 5.41) is 4.78. The quantitative estimate of drug-likeness (QED) is 0.206. The van der Waals surface area contributed by atoms with E-state index in [1.54, 1.807) is 11.3 Å². The summed E-state index contributed by atoms with van der Waals surface area (Å²) < 4.78 is 1.28. The molecular weight excluding hydrogens is 523 g/mol. The van der Waals surface area contributed by atoms with Gasteiger partial charge >= 0.3 is 0 Å². The van der Waals surface area contributed by atoms with Gasteiger partial charge in [0, 0.05) is 10.6 Å². The van der Waals surface area contributed by atoms with Crippen molar-refractivity contribution in [1.82, 2.24) is 0 Å². The lowest BCUT2D eigenvalue weighted by atomic mass is 9.80. The Morgan fingerprint density at radius 1 is 0.632 bits per heavy atom. The molecule has 5 aromatic rings. The number of halogens is 2. The summed E-state index contributed by atoms with van der Waals surface area (Å²) in [6.45, 7) is 13.5. The zero-order valence-corrected chi connectivity index (χ0v) is 25.2. The van der Waals surface area contributed by atoms with Crippen LogP contribution in [0.25, 0.3) is 21.2 Å². The van der Waals surface area contributed by atoms with Gasteiger partial charge in [0.1, 0.15) is 0 Å². The van der Waals surface area contributed by atoms with Gasteiger partial charge in [0.2, 0.25) is 0 Å². The summed E-state index contributed by atoms with van der Waals surface area (Å²) in [7, 11) is 0. The number of benzene rings is 4. The molecule has 1 aromatic heterocycles. The minimum Gasteiger partial charge on any atom is -0.143 e. The molecule has 0 N–H and O–H groups in total. The molecule has 0 amide bonds. The minimum atomic E-state index is -0.0540. The van der Waals surface area contributed by atoms with E-state index in [9.17, 15) is 0 Å². The molecule has 194 valence electrons. The second-order valence-electron chi connectivity index (χ2n) is 12.2. The Bertz CT molecular complexity index is 1580. The van der Waals surface area contributed by atoms with Crippen molar-refractivity contribution in [2.45, 2.75) is 58.3 Å². The predicted molar refractivity (Wildman–Crippen MR) is 169 cm³/mol. The Balaban J connectivity index is 1.77. The number of hydrogen-bond donors (Lipinski definition) is 0. The van der Waals surface area contributed by atoms with E-state index in [1.165, 1.54) is 32.3 Å².